The second-order valence-electron chi connectivity index (χ2n) is 3.70. The van der Waals surface area contributed by atoms with E-state index in [1.165, 1.54) is 12.3 Å². The van der Waals surface area contributed by atoms with Crippen LogP contribution in [0.5, 0.6) is 0 Å². The van der Waals surface area contributed by atoms with E-state index < -0.39 is 0 Å². The van der Waals surface area contributed by atoms with E-state index in [1.54, 1.807) is 0 Å². The largest absolute Gasteiger partial charge is 0.305 e. The zero-order valence-corrected chi connectivity index (χ0v) is 9.29. The first-order chi connectivity index (χ1) is 8.83. The summed E-state index contributed by atoms with van der Waals surface area (Å²) in [7, 11) is 0. The molecule has 0 aliphatic heterocycles. The average molecular weight is 239 g/mol. The van der Waals surface area contributed by atoms with Gasteiger partial charge in [-0.3, -0.25) is 4.79 Å². The van der Waals surface area contributed by atoms with Crippen LogP contribution in [0.3, 0.4) is 0 Å². The lowest BCUT2D eigenvalue weighted by Crippen LogP contribution is -2.08. The Morgan fingerprint density at radius 2 is 1.89 bits per heavy atom. The molecule has 0 aliphatic carbocycles. The number of nitrogens with zero attached hydrogens (tertiary/aromatic N) is 3. The van der Waals surface area contributed by atoms with Gasteiger partial charge in [0.15, 0.2) is 5.82 Å². The van der Waals surface area contributed by atoms with Gasteiger partial charge in [0.2, 0.25) is 0 Å². The summed E-state index contributed by atoms with van der Waals surface area (Å²) in [6.45, 7) is 0. The van der Waals surface area contributed by atoms with Crippen LogP contribution in [0.15, 0.2) is 47.4 Å². The maximum Gasteiger partial charge on any atom is 0.251 e. The Morgan fingerprint density at radius 1 is 1.06 bits per heavy atom. The van der Waals surface area contributed by atoms with Gasteiger partial charge in [0.1, 0.15) is 5.69 Å². The summed E-state index contributed by atoms with van der Waals surface area (Å²) in [5.41, 5.74) is 1.78. The highest BCUT2D eigenvalue weighted by Crippen LogP contribution is 2.17. The topological polar surface area (TPSA) is 87.3 Å². The minimum Gasteiger partial charge on any atom is -0.305 e. The molecule has 0 aliphatic rings. The highest BCUT2D eigenvalue weighted by Gasteiger charge is 2.07. The Balaban J connectivity index is 2.15. The lowest BCUT2D eigenvalue weighted by Gasteiger charge is -2.01. The predicted octanol–water partition coefficient (Wildman–Crippen LogP) is 1.22. The molecule has 0 saturated carbocycles. The molecule has 0 unspecified atom stereocenters. The van der Waals surface area contributed by atoms with Gasteiger partial charge in [-0.1, -0.05) is 30.3 Å². The number of H-pyrrole nitrogens is 2. The molecule has 1 aromatic carbocycles. The van der Waals surface area contributed by atoms with Gasteiger partial charge in [0.05, 0.1) is 11.9 Å². The Morgan fingerprint density at radius 3 is 2.61 bits per heavy atom. The molecule has 0 atom stereocenters. The number of benzene rings is 1. The summed E-state index contributed by atoms with van der Waals surface area (Å²) in [5.74, 6) is 0.398. The highest BCUT2D eigenvalue weighted by atomic mass is 16.1. The van der Waals surface area contributed by atoms with E-state index in [-0.39, 0.29) is 5.56 Å². The molecule has 6 heteroatoms. The Bertz CT molecular complexity index is 703. The molecule has 0 bridgehead atoms. The van der Waals surface area contributed by atoms with Crippen molar-refractivity contribution in [1.29, 1.82) is 0 Å². The maximum atomic E-state index is 11.6. The zero-order valence-electron chi connectivity index (χ0n) is 9.29. The molecule has 3 aromatic rings. The quantitative estimate of drug-likeness (QED) is 0.703. The zero-order chi connectivity index (χ0) is 12.4. The molecule has 6 nitrogen and oxygen atoms in total. The maximum absolute atomic E-state index is 11.6. The van der Waals surface area contributed by atoms with Crippen LogP contribution in [0.25, 0.3) is 22.8 Å². The van der Waals surface area contributed by atoms with Crippen molar-refractivity contribution >= 4 is 0 Å². The van der Waals surface area contributed by atoms with Crippen LogP contribution in [-0.2, 0) is 0 Å². The second-order valence-corrected chi connectivity index (χ2v) is 3.70. The van der Waals surface area contributed by atoms with E-state index in [0.717, 1.165) is 5.56 Å². The number of rotatable bonds is 2. The van der Waals surface area contributed by atoms with Crippen molar-refractivity contribution in [3.05, 3.63) is 52.9 Å². The Kier molecular flexibility index (Phi) is 2.45. The van der Waals surface area contributed by atoms with Crippen LogP contribution >= 0.6 is 0 Å². The van der Waals surface area contributed by atoms with Crippen molar-refractivity contribution in [2.75, 3.05) is 0 Å². The van der Waals surface area contributed by atoms with Gasteiger partial charge >= 0.3 is 0 Å². The first-order valence-corrected chi connectivity index (χ1v) is 5.36. The smallest absolute Gasteiger partial charge is 0.251 e. The fourth-order valence-electron chi connectivity index (χ4n) is 1.65. The van der Waals surface area contributed by atoms with E-state index >= 15 is 0 Å². The number of hydrogen-bond acceptors (Lipinski definition) is 4. The second kappa shape index (κ2) is 4.25. The number of aromatic nitrogens is 5. The molecule has 0 saturated heterocycles. The minimum atomic E-state index is -0.221. The van der Waals surface area contributed by atoms with Gasteiger partial charge in [0.25, 0.3) is 5.56 Å². The lowest BCUT2D eigenvalue weighted by atomic mass is 10.1. The Hall–Kier alpha value is -2.76. The van der Waals surface area contributed by atoms with Crippen molar-refractivity contribution in [2.45, 2.75) is 0 Å². The van der Waals surface area contributed by atoms with Crippen LogP contribution in [0.1, 0.15) is 0 Å². The SMILES string of the molecule is O=c1cc(-c2ccccc2)nc(-c2cn[nH]n2)[nH]1. The molecular formula is C12H9N5O. The van der Waals surface area contributed by atoms with E-state index in [2.05, 4.69) is 25.4 Å². The van der Waals surface area contributed by atoms with Crippen LogP contribution < -0.4 is 5.56 Å². The molecule has 0 spiro atoms. The van der Waals surface area contributed by atoms with Gasteiger partial charge < -0.3 is 4.98 Å². The van der Waals surface area contributed by atoms with Gasteiger partial charge in [-0.25, -0.2) is 4.98 Å². The summed E-state index contributed by atoms with van der Waals surface area (Å²) >= 11 is 0. The minimum absolute atomic E-state index is 0.221. The number of hydrogen-bond donors (Lipinski definition) is 2. The lowest BCUT2D eigenvalue weighted by molar-refractivity contribution is 0.937. The molecule has 0 fully saturated rings. The predicted molar refractivity (Wildman–Crippen MR) is 65.7 cm³/mol. The molecule has 0 amide bonds. The Labute approximate surface area is 102 Å². The molecule has 3 rings (SSSR count). The van der Waals surface area contributed by atoms with Crippen LogP contribution in [-0.4, -0.2) is 25.4 Å². The van der Waals surface area contributed by atoms with E-state index in [9.17, 15) is 4.79 Å². The number of nitrogens with one attached hydrogen (secondary N) is 2. The van der Waals surface area contributed by atoms with Gasteiger partial charge in [-0.05, 0) is 0 Å². The fraction of sp³-hybridized carbons (Fsp3) is 0. The first kappa shape index (κ1) is 10.4. The third-order valence-corrected chi connectivity index (χ3v) is 2.47. The van der Waals surface area contributed by atoms with Crippen molar-refractivity contribution < 1.29 is 0 Å². The summed E-state index contributed by atoms with van der Waals surface area (Å²) < 4.78 is 0. The van der Waals surface area contributed by atoms with Crippen molar-refractivity contribution in [1.82, 2.24) is 25.4 Å². The summed E-state index contributed by atoms with van der Waals surface area (Å²) in [6.07, 6.45) is 1.51. The fourth-order valence-corrected chi connectivity index (χ4v) is 1.65. The average Bonchev–Trinajstić information content (AvgIpc) is 2.93. The molecule has 2 heterocycles. The monoisotopic (exact) mass is 239 g/mol. The molecular weight excluding hydrogens is 230 g/mol. The van der Waals surface area contributed by atoms with E-state index in [4.69, 9.17) is 0 Å². The van der Waals surface area contributed by atoms with Crippen LogP contribution in [0, 0.1) is 0 Å². The summed E-state index contributed by atoms with van der Waals surface area (Å²) in [4.78, 5) is 18.6. The third-order valence-electron chi connectivity index (χ3n) is 2.47. The standard InChI is InChI=1S/C12H9N5O/c18-11-6-9(8-4-2-1-3-5-8)14-12(15-11)10-7-13-17-16-10/h1-7H,(H,13,16,17)(H,14,15,18). The molecule has 0 radical (unpaired) electrons. The normalized spacial score (nSPS) is 10.4. The molecule has 2 N–H and O–H groups in total. The molecule has 88 valence electrons. The summed E-state index contributed by atoms with van der Waals surface area (Å²) in [6, 6.07) is 11.0. The number of aromatic amines is 2. The van der Waals surface area contributed by atoms with Gasteiger partial charge in [-0.15, -0.1) is 0 Å². The van der Waals surface area contributed by atoms with E-state index in [1.807, 2.05) is 30.3 Å². The van der Waals surface area contributed by atoms with Gasteiger partial charge in [0, 0.05) is 11.6 Å². The first-order valence-electron chi connectivity index (χ1n) is 5.36. The van der Waals surface area contributed by atoms with Crippen LogP contribution in [0.4, 0.5) is 0 Å². The van der Waals surface area contributed by atoms with Crippen molar-refractivity contribution in [2.24, 2.45) is 0 Å². The molecule has 18 heavy (non-hydrogen) atoms. The third kappa shape index (κ3) is 1.91. The van der Waals surface area contributed by atoms with Crippen molar-refractivity contribution in [3.63, 3.8) is 0 Å². The van der Waals surface area contributed by atoms with E-state index in [0.29, 0.717) is 17.2 Å². The summed E-state index contributed by atoms with van der Waals surface area (Å²) in [5, 5.41) is 10.1. The molecule has 2 aromatic heterocycles. The van der Waals surface area contributed by atoms with Crippen molar-refractivity contribution in [3.8, 4) is 22.8 Å². The van der Waals surface area contributed by atoms with Gasteiger partial charge in [-0.2, -0.15) is 15.4 Å². The van der Waals surface area contributed by atoms with Crippen LogP contribution in [0.2, 0.25) is 0 Å². The highest BCUT2D eigenvalue weighted by molar-refractivity contribution is 5.61.